The Morgan fingerprint density at radius 2 is 0.631 bits per heavy atom. The van der Waals surface area contributed by atoms with E-state index in [0.717, 1.165) is 11.4 Å². The Morgan fingerprint density at radius 1 is 0.310 bits per heavy atom. The molecular formula is C79H77BN4. The molecule has 0 saturated carbocycles. The Morgan fingerprint density at radius 3 is 0.952 bits per heavy atom. The summed E-state index contributed by atoms with van der Waals surface area (Å²) in [6, 6.07) is 75.4. The highest BCUT2D eigenvalue weighted by Gasteiger charge is 2.45. The van der Waals surface area contributed by atoms with E-state index in [2.05, 4.69) is 317 Å². The van der Waals surface area contributed by atoms with E-state index in [1.807, 2.05) is 0 Å². The second-order valence-electron chi connectivity index (χ2n) is 28.6. The zero-order chi connectivity index (χ0) is 58.7. The number of benzene rings is 10. The van der Waals surface area contributed by atoms with E-state index in [1.165, 1.54) is 144 Å². The van der Waals surface area contributed by atoms with Gasteiger partial charge in [-0.3, -0.25) is 0 Å². The molecule has 5 heteroatoms. The van der Waals surface area contributed by atoms with Crippen molar-refractivity contribution in [3.63, 3.8) is 0 Å². The van der Waals surface area contributed by atoms with E-state index in [1.54, 1.807) is 0 Å². The van der Waals surface area contributed by atoms with Gasteiger partial charge in [0.25, 0.3) is 6.71 Å². The number of fused-ring (bicyclic) bond motifs is 10. The molecule has 0 saturated heterocycles. The molecule has 0 N–H and O–H groups in total. The number of hydrogen-bond acceptors (Lipinski definition) is 2. The third kappa shape index (κ3) is 8.47. The second-order valence-corrected chi connectivity index (χ2v) is 28.6. The van der Waals surface area contributed by atoms with E-state index in [9.17, 15) is 0 Å². The van der Waals surface area contributed by atoms with Gasteiger partial charge in [-0.25, -0.2) is 0 Å². The molecule has 12 aromatic rings. The first-order valence-electron chi connectivity index (χ1n) is 30.4. The van der Waals surface area contributed by atoms with Crippen LogP contribution in [0.15, 0.2) is 194 Å². The van der Waals surface area contributed by atoms with Crippen molar-refractivity contribution in [1.29, 1.82) is 0 Å². The first-order chi connectivity index (χ1) is 39.9. The number of rotatable bonds is 5. The number of aromatic nitrogens is 2. The summed E-state index contributed by atoms with van der Waals surface area (Å²) < 4.78 is 5.01. The molecule has 2 aliphatic heterocycles. The molecule has 10 aromatic carbocycles. The van der Waals surface area contributed by atoms with Crippen LogP contribution in [0.1, 0.15) is 122 Å². The van der Waals surface area contributed by atoms with E-state index < -0.39 is 0 Å². The van der Waals surface area contributed by atoms with Crippen molar-refractivity contribution in [3.05, 3.63) is 233 Å². The highest BCUT2D eigenvalue weighted by molar-refractivity contribution is 7.00. The lowest BCUT2D eigenvalue weighted by Crippen LogP contribution is -2.61. The molecule has 2 aliphatic rings. The maximum Gasteiger partial charge on any atom is 0.252 e. The van der Waals surface area contributed by atoms with Crippen molar-refractivity contribution in [1.82, 2.24) is 9.13 Å². The minimum absolute atomic E-state index is 0.114. The molecule has 0 radical (unpaired) electrons. The highest BCUT2D eigenvalue weighted by Crippen LogP contribution is 2.50. The predicted molar refractivity (Wildman–Crippen MR) is 364 cm³/mol. The quantitative estimate of drug-likeness (QED) is 0.160. The van der Waals surface area contributed by atoms with Gasteiger partial charge in [-0.05, 0) is 200 Å². The van der Waals surface area contributed by atoms with Gasteiger partial charge < -0.3 is 18.9 Å². The number of aryl methyl sites for hydroxylation is 3. The molecule has 0 aliphatic carbocycles. The topological polar surface area (TPSA) is 16.3 Å². The van der Waals surface area contributed by atoms with Crippen molar-refractivity contribution in [2.24, 2.45) is 0 Å². The molecule has 0 amide bonds. The Bertz CT molecular complexity index is 4250. The third-order valence-electron chi connectivity index (χ3n) is 18.5. The molecule has 0 spiro atoms. The molecule has 4 heterocycles. The van der Waals surface area contributed by atoms with E-state index in [-0.39, 0.29) is 28.4 Å². The average Bonchev–Trinajstić information content (AvgIpc) is 1.01. The van der Waals surface area contributed by atoms with Gasteiger partial charge in [0.05, 0.1) is 22.1 Å². The van der Waals surface area contributed by atoms with E-state index in [0.29, 0.717) is 0 Å². The minimum atomic E-state index is -0.177. The van der Waals surface area contributed by atoms with Gasteiger partial charge >= 0.3 is 0 Å². The zero-order valence-electron chi connectivity index (χ0n) is 51.8. The SMILES string of the molecule is Cc1cc(C)c(-c2cc3c4c(c2)N(c2cc(C(C)(C)C)cc(C(C)(C)C)c2)c2ccc(-n5c6ccccc6c6ccccc65)cc2B4c2cc(-n4c5ccccc5c5ccccc54)ccc2N3c2cc(C(C)(C)C)cc(C(C)(C)C)c2)c(C)c1. The van der Waals surface area contributed by atoms with Crippen LogP contribution in [-0.2, 0) is 21.7 Å². The molecule has 0 atom stereocenters. The van der Waals surface area contributed by atoms with Crippen molar-refractivity contribution < 1.29 is 0 Å². The van der Waals surface area contributed by atoms with Gasteiger partial charge in [0, 0.05) is 67.0 Å². The van der Waals surface area contributed by atoms with Gasteiger partial charge in [0.1, 0.15) is 0 Å². The maximum absolute atomic E-state index is 2.67. The normalized spacial score (nSPS) is 13.6. The fraction of sp³-hybridized carbons (Fsp3) is 0.241. The lowest BCUT2D eigenvalue weighted by molar-refractivity contribution is 0.568. The molecule has 416 valence electrons. The second kappa shape index (κ2) is 18.7. The standard InChI is InChI=1S/C79H77BN4/c1-48-36-49(2)74(50(3)37-48)51-38-72-75-73(39-51)84(59-44-54(78(10,11)12)41-55(45-59)79(13,14)15)71-35-33-57(82-68-30-22-18-26-62(68)63-27-19-23-31-69(63)82)47-65(71)80(75)64-46-56(81-66-28-20-16-24-60(66)61-25-17-21-29-67(61)81)32-34-70(64)83(72)58-42-52(76(4,5)6)40-53(43-58)77(7,8)9/h16-47H,1-15H3. The van der Waals surface area contributed by atoms with Gasteiger partial charge in [-0.2, -0.15) is 0 Å². The van der Waals surface area contributed by atoms with Gasteiger partial charge in [-0.1, -0.05) is 186 Å². The maximum atomic E-state index is 2.67. The van der Waals surface area contributed by atoms with Crippen LogP contribution in [0.2, 0.25) is 0 Å². The predicted octanol–water partition coefficient (Wildman–Crippen LogP) is 19.7. The number of hydrogen-bond donors (Lipinski definition) is 0. The van der Waals surface area contributed by atoms with E-state index >= 15 is 0 Å². The summed E-state index contributed by atoms with van der Waals surface area (Å²) in [5.74, 6) is 0. The molecule has 0 fully saturated rings. The summed E-state index contributed by atoms with van der Waals surface area (Å²) in [5.41, 5.74) is 29.3. The largest absolute Gasteiger partial charge is 0.311 e. The summed E-state index contributed by atoms with van der Waals surface area (Å²) in [7, 11) is 0. The monoisotopic (exact) mass is 1090 g/mol. The molecule has 2 aromatic heterocycles. The van der Waals surface area contributed by atoms with Crippen LogP contribution in [0.3, 0.4) is 0 Å². The lowest BCUT2D eigenvalue weighted by atomic mass is 9.33. The van der Waals surface area contributed by atoms with Gasteiger partial charge in [-0.15, -0.1) is 0 Å². The first kappa shape index (κ1) is 53.5. The number of nitrogens with zero attached hydrogens (tertiary/aromatic N) is 4. The average molecular weight is 1090 g/mol. The Kier molecular flexibility index (Phi) is 11.9. The van der Waals surface area contributed by atoms with Gasteiger partial charge in [0.15, 0.2) is 0 Å². The fourth-order valence-electron chi connectivity index (χ4n) is 14.2. The lowest BCUT2D eigenvalue weighted by Gasteiger charge is -2.45. The number of anilines is 6. The summed E-state index contributed by atoms with van der Waals surface area (Å²) in [6.45, 7) is 35.0. The van der Waals surface area contributed by atoms with Crippen LogP contribution in [0.5, 0.6) is 0 Å². The van der Waals surface area contributed by atoms with Crippen molar-refractivity contribution >= 4 is 101 Å². The van der Waals surface area contributed by atoms with Crippen LogP contribution in [0, 0.1) is 20.8 Å². The highest BCUT2D eigenvalue weighted by atomic mass is 15.2. The van der Waals surface area contributed by atoms with Crippen molar-refractivity contribution in [2.75, 3.05) is 9.80 Å². The third-order valence-corrected chi connectivity index (χ3v) is 18.5. The summed E-state index contributed by atoms with van der Waals surface area (Å²) >= 11 is 0. The summed E-state index contributed by atoms with van der Waals surface area (Å²) in [5, 5.41) is 5.02. The summed E-state index contributed by atoms with van der Waals surface area (Å²) in [6.07, 6.45) is 0. The Hall–Kier alpha value is -8.54. The van der Waals surface area contributed by atoms with Crippen molar-refractivity contribution in [2.45, 2.75) is 126 Å². The van der Waals surface area contributed by atoms with Gasteiger partial charge in [0.2, 0.25) is 0 Å². The van der Waals surface area contributed by atoms with E-state index in [4.69, 9.17) is 0 Å². The Labute approximate surface area is 498 Å². The Balaban J connectivity index is 1.17. The molecule has 0 unspecified atom stereocenters. The first-order valence-corrected chi connectivity index (χ1v) is 30.4. The van der Waals surface area contributed by atoms with Crippen LogP contribution >= 0.6 is 0 Å². The van der Waals surface area contributed by atoms with Crippen LogP contribution in [0.25, 0.3) is 66.1 Å². The fourth-order valence-corrected chi connectivity index (χ4v) is 14.2. The molecule has 84 heavy (non-hydrogen) atoms. The van der Waals surface area contributed by atoms with Crippen molar-refractivity contribution in [3.8, 4) is 22.5 Å². The zero-order valence-corrected chi connectivity index (χ0v) is 51.8. The van der Waals surface area contributed by atoms with Crippen LogP contribution < -0.4 is 26.2 Å². The minimum Gasteiger partial charge on any atom is -0.311 e. The van der Waals surface area contributed by atoms with Crippen LogP contribution in [-0.4, -0.2) is 15.8 Å². The molecule has 0 bridgehead atoms. The summed E-state index contributed by atoms with van der Waals surface area (Å²) in [4.78, 5) is 5.33. The molecular weight excluding hydrogens is 1020 g/mol. The van der Waals surface area contributed by atoms with Crippen LogP contribution in [0.4, 0.5) is 34.1 Å². The molecule has 14 rings (SSSR count). The number of para-hydroxylation sites is 4. The molecule has 4 nitrogen and oxygen atoms in total. The smallest absolute Gasteiger partial charge is 0.252 e.